The van der Waals surface area contributed by atoms with Crippen molar-refractivity contribution in [3.8, 4) is 16.5 Å². The molecule has 0 radical (unpaired) electrons. The first-order valence-corrected chi connectivity index (χ1v) is 15.8. The Labute approximate surface area is 273 Å². The van der Waals surface area contributed by atoms with E-state index in [0.29, 0.717) is 17.1 Å². The van der Waals surface area contributed by atoms with Crippen LogP contribution in [0.2, 0.25) is 0 Å². The van der Waals surface area contributed by atoms with Crippen molar-refractivity contribution < 1.29 is 4.74 Å². The maximum absolute atomic E-state index is 9.55. The lowest BCUT2D eigenvalue weighted by Crippen LogP contribution is -2.16. The Kier molecular flexibility index (Phi) is 7.47. The molecule has 0 spiro atoms. The van der Waals surface area contributed by atoms with E-state index in [1.165, 1.54) is 21.6 Å². The lowest BCUT2D eigenvalue weighted by atomic mass is 9.82. The zero-order valence-corrected chi connectivity index (χ0v) is 26.3. The van der Waals surface area contributed by atoms with E-state index in [1.807, 2.05) is 54.6 Å². The van der Waals surface area contributed by atoms with Crippen molar-refractivity contribution in [2.24, 2.45) is 0 Å². The van der Waals surface area contributed by atoms with Crippen LogP contribution < -0.4 is 4.90 Å². The zero-order chi connectivity index (χ0) is 31.7. The molecular weight excluding hydrogens is 583 g/mol. The molecule has 5 heteroatoms. The van der Waals surface area contributed by atoms with Crippen LogP contribution in [-0.2, 0) is 10.2 Å². The van der Waals surface area contributed by atoms with Gasteiger partial charge < -0.3 is 9.64 Å². The van der Waals surface area contributed by atoms with E-state index in [4.69, 9.17) is 11.3 Å². The van der Waals surface area contributed by atoms with Gasteiger partial charge in [-0.15, -0.1) is 11.3 Å². The molecular formula is C41H29N3OS. The fourth-order valence-corrected chi connectivity index (χ4v) is 7.35. The van der Waals surface area contributed by atoms with E-state index in [1.54, 1.807) is 23.5 Å². The molecule has 0 atom stereocenters. The molecule has 7 rings (SSSR count). The molecule has 0 saturated carbocycles. The van der Waals surface area contributed by atoms with Crippen LogP contribution in [0.3, 0.4) is 0 Å². The molecule has 1 aliphatic heterocycles. The number of hydrogen-bond acceptors (Lipinski definition) is 4. The predicted molar refractivity (Wildman–Crippen MR) is 188 cm³/mol. The van der Waals surface area contributed by atoms with Gasteiger partial charge >= 0.3 is 0 Å². The second-order valence-corrected chi connectivity index (χ2v) is 12.7. The number of benzene rings is 4. The molecule has 4 aromatic carbocycles. The van der Waals surface area contributed by atoms with Crippen molar-refractivity contribution in [2.45, 2.75) is 19.3 Å². The fraction of sp³-hybridized carbons (Fsp3) is 0.0732. The largest absolute Gasteiger partial charge is 0.457 e. The second kappa shape index (κ2) is 11.9. The Balaban J connectivity index is 1.22. The summed E-state index contributed by atoms with van der Waals surface area (Å²) in [6, 6.07) is 41.8. The number of allylic oxidation sites excluding steroid dienone is 5. The molecule has 1 aromatic heterocycles. The fourth-order valence-electron chi connectivity index (χ4n) is 6.09. The molecule has 2 heterocycles. The Bertz CT molecular complexity index is 2100. The molecule has 0 bridgehead atoms. The Morgan fingerprint density at radius 2 is 1.46 bits per heavy atom. The molecule has 2 aliphatic rings. The highest BCUT2D eigenvalue weighted by Crippen LogP contribution is 2.54. The third kappa shape index (κ3) is 5.24. The van der Waals surface area contributed by atoms with Gasteiger partial charge in [0.1, 0.15) is 11.5 Å². The quantitative estimate of drug-likeness (QED) is 0.142. The SMILES string of the molecule is [C-]#[N+]/C(C#N)=C1C=C(/C=C/c2cc3c(s2)-c2ccc(N(c4ccccc4)c4ccccc4)cc2C3(C)C)OC(c2ccccc2)=C\1. The van der Waals surface area contributed by atoms with Crippen LogP contribution in [0.15, 0.2) is 151 Å². The highest BCUT2D eigenvalue weighted by molar-refractivity contribution is 7.16. The third-order valence-corrected chi connectivity index (χ3v) is 9.54. The summed E-state index contributed by atoms with van der Waals surface area (Å²) in [6.45, 7) is 12.1. The summed E-state index contributed by atoms with van der Waals surface area (Å²) in [5.41, 5.74) is 8.52. The van der Waals surface area contributed by atoms with Gasteiger partial charge in [-0.25, -0.2) is 10.1 Å². The average molecular weight is 612 g/mol. The predicted octanol–water partition coefficient (Wildman–Crippen LogP) is 11.2. The summed E-state index contributed by atoms with van der Waals surface area (Å²) in [5, 5.41) is 9.55. The number of anilines is 3. The summed E-state index contributed by atoms with van der Waals surface area (Å²) in [7, 11) is 0. The van der Waals surface area contributed by atoms with E-state index in [9.17, 15) is 5.26 Å². The molecule has 1 aliphatic carbocycles. The highest BCUT2D eigenvalue weighted by atomic mass is 32.1. The normalized spacial score (nSPS) is 15.5. The van der Waals surface area contributed by atoms with Crippen LogP contribution >= 0.6 is 11.3 Å². The van der Waals surface area contributed by atoms with Crippen molar-refractivity contribution in [1.82, 2.24) is 0 Å². The number of para-hydroxylation sites is 2. The summed E-state index contributed by atoms with van der Waals surface area (Å²) < 4.78 is 6.24. The van der Waals surface area contributed by atoms with Crippen LogP contribution in [-0.4, -0.2) is 0 Å². The minimum absolute atomic E-state index is 0.0357. The van der Waals surface area contributed by atoms with E-state index >= 15 is 0 Å². The first-order valence-electron chi connectivity index (χ1n) is 15.0. The molecule has 220 valence electrons. The molecule has 0 amide bonds. The number of nitriles is 1. The lowest BCUT2D eigenvalue weighted by molar-refractivity contribution is 0.396. The first kappa shape index (κ1) is 28.9. The monoisotopic (exact) mass is 611 g/mol. The van der Waals surface area contributed by atoms with E-state index < -0.39 is 0 Å². The lowest BCUT2D eigenvalue weighted by Gasteiger charge is -2.28. The van der Waals surface area contributed by atoms with E-state index in [2.05, 4.69) is 102 Å². The van der Waals surface area contributed by atoms with Gasteiger partial charge in [0.25, 0.3) is 5.70 Å². The topological polar surface area (TPSA) is 40.6 Å². The van der Waals surface area contributed by atoms with Gasteiger partial charge in [0.15, 0.2) is 0 Å². The van der Waals surface area contributed by atoms with Crippen molar-refractivity contribution in [3.63, 3.8) is 0 Å². The molecule has 0 N–H and O–H groups in total. The summed E-state index contributed by atoms with van der Waals surface area (Å²) in [5.74, 6) is 1.18. The maximum Gasteiger partial charge on any atom is 0.269 e. The highest BCUT2D eigenvalue weighted by Gasteiger charge is 2.37. The van der Waals surface area contributed by atoms with Crippen molar-refractivity contribution in [1.29, 1.82) is 5.26 Å². The van der Waals surface area contributed by atoms with Crippen LogP contribution in [0.25, 0.3) is 27.1 Å². The standard InChI is InChI=1S/C41H29N3OS/c1-41(2)36-25-32(44(30-15-9-5-10-16-30)31-17-11-6-12-18-31)19-22-35(36)40-37(41)26-34(46-40)21-20-33-23-29(38(27-42)43-3)24-39(45-33)28-13-7-4-8-14-28/h4-26H,1-2H3/b21-20+,38-29+. The molecule has 5 aromatic rings. The Morgan fingerprint density at radius 3 is 2.09 bits per heavy atom. The van der Waals surface area contributed by atoms with Crippen LogP contribution in [0.4, 0.5) is 17.1 Å². The number of thiophene rings is 1. The van der Waals surface area contributed by atoms with Crippen molar-refractivity contribution in [3.05, 3.63) is 184 Å². The Morgan fingerprint density at radius 1 is 0.804 bits per heavy atom. The smallest absolute Gasteiger partial charge is 0.269 e. The van der Waals surface area contributed by atoms with Gasteiger partial charge in [0.2, 0.25) is 0 Å². The van der Waals surface area contributed by atoms with Gasteiger partial charge in [0.05, 0.1) is 12.6 Å². The number of fused-ring (bicyclic) bond motifs is 3. The zero-order valence-electron chi connectivity index (χ0n) is 25.4. The average Bonchev–Trinajstić information content (AvgIpc) is 3.62. The van der Waals surface area contributed by atoms with Gasteiger partial charge in [-0.1, -0.05) is 86.6 Å². The molecule has 4 nitrogen and oxygen atoms in total. The Hall–Kier alpha value is -5.88. The van der Waals surface area contributed by atoms with E-state index in [0.717, 1.165) is 27.5 Å². The number of ether oxygens (including phenoxy) is 1. The molecule has 0 unspecified atom stereocenters. The van der Waals surface area contributed by atoms with Crippen LogP contribution in [0.1, 0.15) is 35.4 Å². The van der Waals surface area contributed by atoms with Crippen LogP contribution in [0, 0.1) is 17.9 Å². The van der Waals surface area contributed by atoms with E-state index in [-0.39, 0.29) is 11.1 Å². The van der Waals surface area contributed by atoms with Crippen molar-refractivity contribution >= 4 is 40.2 Å². The minimum Gasteiger partial charge on any atom is -0.457 e. The second-order valence-electron chi connectivity index (χ2n) is 11.6. The first-order chi connectivity index (χ1) is 22.5. The molecule has 46 heavy (non-hydrogen) atoms. The summed E-state index contributed by atoms with van der Waals surface area (Å²) in [6.07, 6.45) is 7.49. The molecule has 0 saturated heterocycles. The summed E-state index contributed by atoms with van der Waals surface area (Å²) in [4.78, 5) is 8.13. The van der Waals surface area contributed by atoms with Crippen molar-refractivity contribution in [2.75, 3.05) is 4.90 Å². The number of hydrogen-bond donors (Lipinski definition) is 0. The minimum atomic E-state index is -0.181. The van der Waals surface area contributed by atoms with Gasteiger partial charge in [0, 0.05) is 37.8 Å². The number of nitrogens with zero attached hydrogens (tertiary/aromatic N) is 3. The summed E-state index contributed by atoms with van der Waals surface area (Å²) >= 11 is 1.77. The number of rotatable bonds is 6. The van der Waals surface area contributed by atoms with Gasteiger partial charge in [-0.2, -0.15) is 0 Å². The van der Waals surface area contributed by atoms with Gasteiger partial charge in [-0.3, -0.25) is 0 Å². The molecule has 0 fully saturated rings. The maximum atomic E-state index is 9.55. The van der Waals surface area contributed by atoms with Crippen LogP contribution in [0.5, 0.6) is 0 Å². The third-order valence-electron chi connectivity index (χ3n) is 8.41. The van der Waals surface area contributed by atoms with Gasteiger partial charge in [-0.05, 0) is 89.0 Å².